The molecule has 4 rings (SSSR count). The Bertz CT molecular complexity index is 1790. The molecule has 0 fully saturated rings. The van der Waals surface area contributed by atoms with Gasteiger partial charge < -0.3 is 14.7 Å². The van der Waals surface area contributed by atoms with E-state index in [1.807, 2.05) is 27.7 Å². The predicted molar refractivity (Wildman–Crippen MR) is 164 cm³/mol. The van der Waals surface area contributed by atoms with Gasteiger partial charge in [-0.15, -0.1) is 0 Å². The number of alkyl halides is 3. The molecule has 0 bridgehead atoms. The van der Waals surface area contributed by atoms with Crippen molar-refractivity contribution in [2.75, 3.05) is 29.1 Å². The van der Waals surface area contributed by atoms with Crippen molar-refractivity contribution in [1.82, 2.24) is 10.1 Å². The Labute approximate surface area is 259 Å². The highest BCUT2D eigenvalue weighted by atomic mass is 32.2. The standard InChI is InChI=1S/C32H34F4N4O4S/c1-7-45(42,43)25-11-9-24(10-12-25)40(18-32(34,35)36)17-27(41)37-23-15-20(3)28(21(4)16-23)31(5,6)30-38-29(44-39-30)26-13-8-22(33)14-19(26)2/h8-16H,7,17-18H2,1-6H3,(H,37,41). The number of hydrogen-bond donors (Lipinski definition) is 1. The van der Waals surface area contributed by atoms with Gasteiger partial charge in [0.1, 0.15) is 12.4 Å². The predicted octanol–water partition coefficient (Wildman–Crippen LogP) is 6.93. The van der Waals surface area contributed by atoms with Crippen LogP contribution in [0.25, 0.3) is 11.5 Å². The fourth-order valence-corrected chi connectivity index (χ4v) is 6.33. The van der Waals surface area contributed by atoms with E-state index >= 15 is 0 Å². The number of carbonyl (C=O) groups excluding carboxylic acids is 1. The number of amides is 1. The molecule has 4 aromatic rings. The number of benzene rings is 3. The number of sulfone groups is 1. The molecule has 0 saturated heterocycles. The molecule has 1 N–H and O–H groups in total. The van der Waals surface area contributed by atoms with Crippen molar-refractivity contribution in [3.8, 4) is 11.5 Å². The first-order valence-corrected chi connectivity index (χ1v) is 15.7. The smallest absolute Gasteiger partial charge is 0.353 e. The van der Waals surface area contributed by atoms with Crippen LogP contribution in [0.4, 0.5) is 28.9 Å². The lowest BCUT2D eigenvalue weighted by Gasteiger charge is -2.27. The Morgan fingerprint density at radius 3 is 2.13 bits per heavy atom. The molecule has 0 aliphatic rings. The second-order valence-electron chi connectivity index (χ2n) is 11.4. The molecule has 45 heavy (non-hydrogen) atoms. The molecule has 0 radical (unpaired) electrons. The van der Waals surface area contributed by atoms with Gasteiger partial charge in [-0.2, -0.15) is 18.2 Å². The summed E-state index contributed by atoms with van der Waals surface area (Å²) >= 11 is 0. The van der Waals surface area contributed by atoms with Crippen LogP contribution in [0.5, 0.6) is 0 Å². The zero-order valence-corrected chi connectivity index (χ0v) is 26.5. The number of anilines is 2. The summed E-state index contributed by atoms with van der Waals surface area (Å²) in [7, 11) is -3.54. The van der Waals surface area contributed by atoms with Gasteiger partial charge in [0.2, 0.25) is 5.91 Å². The second-order valence-corrected chi connectivity index (χ2v) is 13.7. The number of halogens is 4. The molecule has 0 saturated carbocycles. The van der Waals surface area contributed by atoms with Crippen molar-refractivity contribution in [2.24, 2.45) is 0 Å². The first kappa shape index (κ1) is 33.6. The van der Waals surface area contributed by atoms with Crippen molar-refractivity contribution in [1.29, 1.82) is 0 Å². The van der Waals surface area contributed by atoms with Crippen molar-refractivity contribution in [3.05, 3.63) is 88.5 Å². The van der Waals surface area contributed by atoms with Crippen LogP contribution in [0.2, 0.25) is 0 Å². The summed E-state index contributed by atoms with van der Waals surface area (Å²) < 4.78 is 83.6. The zero-order chi connectivity index (χ0) is 33.3. The molecule has 0 unspecified atom stereocenters. The van der Waals surface area contributed by atoms with Gasteiger partial charge in [-0.1, -0.05) is 12.1 Å². The van der Waals surface area contributed by atoms with E-state index < -0.39 is 40.4 Å². The number of aromatic nitrogens is 2. The largest absolute Gasteiger partial charge is 0.405 e. The molecule has 0 atom stereocenters. The Morgan fingerprint density at radius 2 is 1.58 bits per heavy atom. The maximum absolute atomic E-state index is 13.6. The van der Waals surface area contributed by atoms with Gasteiger partial charge in [-0.25, -0.2) is 12.8 Å². The van der Waals surface area contributed by atoms with Gasteiger partial charge in [-0.05, 0) is 111 Å². The third kappa shape index (κ3) is 7.70. The highest BCUT2D eigenvalue weighted by Gasteiger charge is 2.34. The van der Waals surface area contributed by atoms with E-state index in [2.05, 4.69) is 15.5 Å². The molecule has 0 spiro atoms. The van der Waals surface area contributed by atoms with E-state index in [4.69, 9.17) is 4.52 Å². The van der Waals surface area contributed by atoms with Crippen LogP contribution in [-0.2, 0) is 20.0 Å². The van der Waals surface area contributed by atoms with E-state index in [0.717, 1.165) is 21.6 Å². The van der Waals surface area contributed by atoms with Crippen LogP contribution in [0.15, 0.2) is 64.0 Å². The van der Waals surface area contributed by atoms with Crippen LogP contribution >= 0.6 is 0 Å². The number of rotatable bonds is 10. The summed E-state index contributed by atoms with van der Waals surface area (Å²) in [6, 6.07) is 12.7. The highest BCUT2D eigenvalue weighted by Crippen LogP contribution is 2.37. The summed E-state index contributed by atoms with van der Waals surface area (Å²) in [5, 5.41) is 6.88. The number of hydrogen-bond acceptors (Lipinski definition) is 7. The summed E-state index contributed by atoms with van der Waals surface area (Å²) in [6.07, 6.45) is -4.61. The summed E-state index contributed by atoms with van der Waals surface area (Å²) in [5.74, 6) is -0.569. The van der Waals surface area contributed by atoms with Crippen LogP contribution in [0.3, 0.4) is 0 Å². The first-order chi connectivity index (χ1) is 20.9. The average Bonchev–Trinajstić information content (AvgIpc) is 3.42. The number of aryl methyl sites for hydroxylation is 3. The molecule has 240 valence electrons. The van der Waals surface area contributed by atoms with Crippen molar-refractivity contribution in [3.63, 3.8) is 0 Å². The molecule has 0 aliphatic carbocycles. The monoisotopic (exact) mass is 646 g/mol. The molecule has 1 aromatic heterocycles. The highest BCUT2D eigenvalue weighted by molar-refractivity contribution is 7.91. The molecular formula is C32H34F4N4O4S. The van der Waals surface area contributed by atoms with E-state index in [1.165, 1.54) is 43.3 Å². The Hall–Kier alpha value is -4.26. The Balaban J connectivity index is 1.55. The maximum Gasteiger partial charge on any atom is 0.405 e. The van der Waals surface area contributed by atoms with E-state index in [1.54, 1.807) is 25.1 Å². The van der Waals surface area contributed by atoms with E-state index in [0.29, 0.717) is 22.6 Å². The lowest BCUT2D eigenvalue weighted by Crippen LogP contribution is -2.39. The minimum Gasteiger partial charge on any atom is -0.353 e. The third-order valence-corrected chi connectivity index (χ3v) is 9.24. The molecule has 3 aromatic carbocycles. The van der Waals surface area contributed by atoms with Crippen molar-refractivity contribution >= 4 is 27.1 Å². The lowest BCUT2D eigenvalue weighted by molar-refractivity contribution is -0.122. The molecule has 8 nitrogen and oxygen atoms in total. The van der Waals surface area contributed by atoms with E-state index in [9.17, 15) is 30.8 Å². The molecule has 1 heterocycles. The minimum absolute atomic E-state index is 0.0123. The lowest BCUT2D eigenvalue weighted by atomic mass is 9.78. The number of carbonyl (C=O) groups is 1. The van der Waals surface area contributed by atoms with Gasteiger partial charge in [0, 0.05) is 16.9 Å². The fourth-order valence-electron chi connectivity index (χ4n) is 5.45. The SMILES string of the molecule is CCS(=O)(=O)c1ccc(N(CC(=O)Nc2cc(C)c(C(C)(C)c3noc(-c4ccc(F)cc4C)n3)c(C)c2)CC(F)(F)F)cc1. The second kappa shape index (κ2) is 12.6. The minimum atomic E-state index is -4.61. The number of nitrogens with one attached hydrogen (secondary N) is 1. The zero-order valence-electron chi connectivity index (χ0n) is 25.7. The average molecular weight is 647 g/mol. The Kier molecular flexibility index (Phi) is 9.43. The third-order valence-electron chi connectivity index (χ3n) is 7.49. The first-order valence-electron chi connectivity index (χ1n) is 14.1. The van der Waals surface area contributed by atoms with Crippen LogP contribution in [0, 0.1) is 26.6 Å². The van der Waals surface area contributed by atoms with Gasteiger partial charge in [0.15, 0.2) is 15.7 Å². The number of nitrogens with zero attached hydrogens (tertiary/aromatic N) is 3. The normalized spacial score (nSPS) is 12.3. The van der Waals surface area contributed by atoms with Crippen LogP contribution in [0.1, 0.15) is 48.8 Å². The molecular weight excluding hydrogens is 612 g/mol. The van der Waals surface area contributed by atoms with Gasteiger partial charge in [-0.3, -0.25) is 4.79 Å². The summed E-state index contributed by atoms with van der Waals surface area (Å²) in [5.41, 5.74) is 3.37. The Morgan fingerprint density at radius 1 is 0.956 bits per heavy atom. The fraction of sp³-hybridized carbons (Fsp3) is 0.344. The summed E-state index contributed by atoms with van der Waals surface area (Å²) in [6.45, 7) is 8.69. The molecule has 0 aliphatic heterocycles. The topological polar surface area (TPSA) is 105 Å². The maximum atomic E-state index is 13.6. The van der Waals surface area contributed by atoms with E-state index in [-0.39, 0.29) is 28.0 Å². The molecule has 13 heteroatoms. The van der Waals surface area contributed by atoms with Crippen molar-refractivity contribution < 1.29 is 35.3 Å². The van der Waals surface area contributed by atoms with Gasteiger partial charge in [0.05, 0.1) is 22.6 Å². The molecule has 1 amide bonds. The van der Waals surface area contributed by atoms with Crippen LogP contribution < -0.4 is 10.2 Å². The summed E-state index contributed by atoms with van der Waals surface area (Å²) in [4.78, 5) is 18.4. The quantitative estimate of drug-likeness (QED) is 0.186. The van der Waals surface area contributed by atoms with Gasteiger partial charge >= 0.3 is 6.18 Å². The van der Waals surface area contributed by atoms with Crippen LogP contribution in [-0.4, -0.2) is 49.5 Å². The van der Waals surface area contributed by atoms with Crippen molar-refractivity contribution in [2.45, 2.75) is 58.0 Å². The van der Waals surface area contributed by atoms with Gasteiger partial charge in [0.25, 0.3) is 5.89 Å².